The average molecular weight is 315 g/mol. The lowest BCUT2D eigenvalue weighted by Crippen LogP contribution is -2.08. The zero-order valence-corrected chi connectivity index (χ0v) is 10.2. The molecule has 0 aliphatic carbocycles. The van der Waals surface area contributed by atoms with Gasteiger partial charge < -0.3 is 4.74 Å². The van der Waals surface area contributed by atoms with Gasteiger partial charge in [0.05, 0.1) is 14.7 Å². The minimum absolute atomic E-state index is 0.0542. The van der Waals surface area contributed by atoms with E-state index in [9.17, 15) is 4.39 Å². The number of ether oxygens (including phenoxy) is 1. The van der Waals surface area contributed by atoms with E-state index in [0.717, 1.165) is 3.57 Å². The maximum atomic E-state index is 13.4. The molecular weight excluding hydrogens is 305 g/mol. The summed E-state index contributed by atoms with van der Waals surface area (Å²) in [7, 11) is 0. The molecule has 0 amide bonds. The normalized spacial score (nSPS) is 10.6. The summed E-state index contributed by atoms with van der Waals surface area (Å²) in [5, 5.41) is 0.0936. The molecule has 13 heavy (non-hydrogen) atoms. The Labute approximate surface area is 95.4 Å². The second kappa shape index (κ2) is 4.46. The van der Waals surface area contributed by atoms with E-state index < -0.39 is 5.82 Å². The summed E-state index contributed by atoms with van der Waals surface area (Å²) in [6, 6.07) is 3.25. The van der Waals surface area contributed by atoms with Gasteiger partial charge in [0.1, 0.15) is 0 Å². The van der Waals surface area contributed by atoms with Crippen molar-refractivity contribution in [1.29, 1.82) is 0 Å². The minimum Gasteiger partial charge on any atom is -0.487 e. The van der Waals surface area contributed by atoms with Crippen molar-refractivity contribution in [2.45, 2.75) is 20.0 Å². The lowest BCUT2D eigenvalue weighted by atomic mass is 10.3. The van der Waals surface area contributed by atoms with Gasteiger partial charge in [0.2, 0.25) is 0 Å². The maximum absolute atomic E-state index is 13.4. The van der Waals surface area contributed by atoms with E-state index in [2.05, 4.69) is 0 Å². The molecule has 0 heterocycles. The van der Waals surface area contributed by atoms with Crippen molar-refractivity contribution in [2.24, 2.45) is 0 Å². The highest BCUT2D eigenvalue weighted by Crippen LogP contribution is 2.30. The molecule has 0 N–H and O–H groups in total. The molecule has 0 bridgehead atoms. The molecule has 1 rings (SSSR count). The summed E-state index contributed by atoms with van der Waals surface area (Å²) in [6.45, 7) is 3.69. The molecule has 1 nitrogen and oxygen atoms in total. The van der Waals surface area contributed by atoms with E-state index in [1.54, 1.807) is 6.07 Å². The monoisotopic (exact) mass is 314 g/mol. The number of rotatable bonds is 2. The first-order chi connectivity index (χ1) is 6.02. The molecule has 0 radical (unpaired) electrons. The van der Waals surface area contributed by atoms with Crippen molar-refractivity contribution in [1.82, 2.24) is 0 Å². The Morgan fingerprint density at radius 3 is 2.62 bits per heavy atom. The lowest BCUT2D eigenvalue weighted by Gasteiger charge is -2.12. The molecule has 0 fully saturated rings. The summed E-state index contributed by atoms with van der Waals surface area (Å²) in [6.07, 6.45) is -0.0542. The number of hydrogen-bond donors (Lipinski definition) is 0. The highest BCUT2D eigenvalue weighted by atomic mass is 127. The Morgan fingerprint density at radius 2 is 2.08 bits per heavy atom. The molecule has 1 aromatic rings. The molecule has 0 saturated carbocycles. The number of hydrogen-bond acceptors (Lipinski definition) is 1. The van der Waals surface area contributed by atoms with E-state index >= 15 is 0 Å². The molecule has 1 aromatic carbocycles. The SMILES string of the molecule is CC(C)Oc1c(I)ccc(Cl)c1F. The Morgan fingerprint density at radius 1 is 1.46 bits per heavy atom. The van der Waals surface area contributed by atoms with Crippen LogP contribution in [-0.4, -0.2) is 6.10 Å². The molecule has 0 spiro atoms. The minimum atomic E-state index is -0.484. The van der Waals surface area contributed by atoms with E-state index in [-0.39, 0.29) is 16.9 Å². The Bertz CT molecular complexity index is 315. The van der Waals surface area contributed by atoms with Gasteiger partial charge in [-0.3, -0.25) is 0 Å². The fourth-order valence-electron chi connectivity index (χ4n) is 0.852. The molecule has 0 aliphatic heterocycles. The molecule has 0 aromatic heterocycles. The van der Waals surface area contributed by atoms with Crippen LogP contribution in [0.15, 0.2) is 12.1 Å². The highest BCUT2D eigenvalue weighted by Gasteiger charge is 2.13. The summed E-state index contributed by atoms with van der Waals surface area (Å²) in [5.74, 6) is -0.245. The lowest BCUT2D eigenvalue weighted by molar-refractivity contribution is 0.229. The van der Waals surface area contributed by atoms with E-state index in [4.69, 9.17) is 16.3 Å². The van der Waals surface area contributed by atoms with Gasteiger partial charge in [-0.2, -0.15) is 0 Å². The Hall–Kier alpha value is -0.0300. The topological polar surface area (TPSA) is 9.23 Å². The quantitative estimate of drug-likeness (QED) is 0.595. The third-order valence-electron chi connectivity index (χ3n) is 1.36. The first kappa shape index (κ1) is 11.0. The maximum Gasteiger partial charge on any atom is 0.184 e. The van der Waals surface area contributed by atoms with Crippen LogP contribution in [0.3, 0.4) is 0 Å². The molecule has 4 heteroatoms. The first-order valence-corrected chi connectivity index (χ1v) is 5.28. The van der Waals surface area contributed by atoms with Gasteiger partial charge in [0.25, 0.3) is 0 Å². The smallest absolute Gasteiger partial charge is 0.184 e. The van der Waals surface area contributed by atoms with Gasteiger partial charge in [-0.1, -0.05) is 11.6 Å². The zero-order chi connectivity index (χ0) is 10.0. The van der Waals surface area contributed by atoms with Gasteiger partial charge in [0, 0.05) is 0 Å². The molecule has 0 atom stereocenters. The molecule has 0 aliphatic rings. The van der Waals surface area contributed by atoms with E-state index in [1.165, 1.54) is 6.07 Å². The standard InChI is InChI=1S/C9H9ClFIO/c1-5(2)13-9-7(12)4-3-6(10)8(9)11/h3-5H,1-2H3. The van der Waals surface area contributed by atoms with Crippen LogP contribution in [0.25, 0.3) is 0 Å². The fourth-order valence-corrected chi connectivity index (χ4v) is 1.54. The van der Waals surface area contributed by atoms with Crippen LogP contribution < -0.4 is 4.74 Å². The molecule has 0 unspecified atom stereocenters. The zero-order valence-electron chi connectivity index (χ0n) is 7.27. The highest BCUT2D eigenvalue weighted by molar-refractivity contribution is 14.1. The van der Waals surface area contributed by atoms with Gasteiger partial charge in [-0.25, -0.2) is 4.39 Å². The van der Waals surface area contributed by atoms with E-state index in [1.807, 2.05) is 36.4 Å². The Balaban J connectivity index is 3.10. The number of benzene rings is 1. The third kappa shape index (κ3) is 2.71. The summed E-state index contributed by atoms with van der Waals surface area (Å²) in [4.78, 5) is 0. The van der Waals surface area contributed by atoms with Crippen molar-refractivity contribution < 1.29 is 9.13 Å². The third-order valence-corrected chi connectivity index (χ3v) is 2.50. The average Bonchev–Trinajstić information content (AvgIpc) is 2.05. The summed E-state index contributed by atoms with van der Waals surface area (Å²) < 4.78 is 19.4. The van der Waals surface area contributed by atoms with Gasteiger partial charge >= 0.3 is 0 Å². The predicted molar refractivity (Wildman–Crippen MR) is 59.9 cm³/mol. The van der Waals surface area contributed by atoms with Crippen molar-refractivity contribution in [3.63, 3.8) is 0 Å². The fraction of sp³-hybridized carbons (Fsp3) is 0.333. The van der Waals surface area contributed by atoms with Crippen LogP contribution in [-0.2, 0) is 0 Å². The van der Waals surface area contributed by atoms with Crippen LogP contribution >= 0.6 is 34.2 Å². The summed E-state index contributed by atoms with van der Waals surface area (Å²) >= 11 is 7.62. The largest absolute Gasteiger partial charge is 0.487 e. The summed E-state index contributed by atoms with van der Waals surface area (Å²) in [5.41, 5.74) is 0. The molecule has 72 valence electrons. The van der Waals surface area contributed by atoms with Gasteiger partial charge in [-0.05, 0) is 48.6 Å². The van der Waals surface area contributed by atoms with Gasteiger partial charge in [0.15, 0.2) is 11.6 Å². The second-order valence-electron chi connectivity index (χ2n) is 2.84. The number of halogens is 3. The van der Waals surface area contributed by atoms with E-state index in [0.29, 0.717) is 0 Å². The second-order valence-corrected chi connectivity index (χ2v) is 4.41. The van der Waals surface area contributed by atoms with Crippen LogP contribution in [0.5, 0.6) is 5.75 Å². The van der Waals surface area contributed by atoms with Crippen molar-refractivity contribution in [3.8, 4) is 5.75 Å². The Kier molecular flexibility index (Phi) is 3.79. The molecule has 0 saturated heterocycles. The van der Waals surface area contributed by atoms with Crippen LogP contribution in [0.1, 0.15) is 13.8 Å². The van der Waals surface area contributed by atoms with Crippen molar-refractivity contribution >= 4 is 34.2 Å². The van der Waals surface area contributed by atoms with Crippen molar-refractivity contribution in [3.05, 3.63) is 26.5 Å². The van der Waals surface area contributed by atoms with Crippen LogP contribution in [0.2, 0.25) is 5.02 Å². The predicted octanol–water partition coefficient (Wildman–Crippen LogP) is 3.87. The van der Waals surface area contributed by atoms with Gasteiger partial charge in [-0.15, -0.1) is 0 Å². The van der Waals surface area contributed by atoms with Crippen molar-refractivity contribution in [2.75, 3.05) is 0 Å². The van der Waals surface area contributed by atoms with Crippen LogP contribution in [0, 0.1) is 9.39 Å². The molecular formula is C9H9ClFIO. The first-order valence-electron chi connectivity index (χ1n) is 3.82. The van der Waals surface area contributed by atoms with Crippen LogP contribution in [0.4, 0.5) is 4.39 Å².